The van der Waals surface area contributed by atoms with Crippen molar-refractivity contribution in [3.63, 3.8) is 0 Å². The van der Waals surface area contributed by atoms with Crippen molar-refractivity contribution < 1.29 is 27.4 Å². The molecule has 0 amide bonds. The van der Waals surface area contributed by atoms with E-state index in [4.69, 9.17) is 18.9 Å². The van der Waals surface area contributed by atoms with Crippen LogP contribution in [-0.2, 0) is 19.3 Å². The second-order valence-electron chi connectivity index (χ2n) is 8.13. The van der Waals surface area contributed by atoms with Crippen molar-refractivity contribution >= 4 is 33.0 Å². The number of para-hydroxylation sites is 2. The lowest BCUT2D eigenvalue weighted by Gasteiger charge is -2.10. The molecule has 0 aliphatic rings. The topological polar surface area (TPSA) is 95.8 Å². The number of nitrogens with zero attached hydrogens (tertiary/aromatic N) is 2. The molecule has 0 saturated carbocycles. The molecular formula is C30H28N2O6S. The summed E-state index contributed by atoms with van der Waals surface area (Å²) in [6, 6.07) is 27.2. The monoisotopic (exact) mass is 544 g/mol. The summed E-state index contributed by atoms with van der Waals surface area (Å²) < 4.78 is 48.2. The summed E-state index contributed by atoms with van der Waals surface area (Å²) in [5.41, 5.74) is 2.43. The Morgan fingerprint density at radius 1 is 0.538 bits per heavy atom. The van der Waals surface area contributed by atoms with E-state index < -0.39 is 9.84 Å². The Bertz CT molecular complexity index is 1480. The number of benzene rings is 4. The van der Waals surface area contributed by atoms with Gasteiger partial charge in [-0.1, -0.05) is 24.3 Å². The van der Waals surface area contributed by atoms with E-state index in [1.807, 2.05) is 48.5 Å². The quantitative estimate of drug-likeness (QED) is 0.200. The minimum Gasteiger partial charge on any atom is -0.496 e. The van der Waals surface area contributed by atoms with E-state index in [0.717, 1.165) is 0 Å². The second kappa shape index (κ2) is 12.3. The fraction of sp³-hybridized carbons (Fsp3) is 0.133. The molecule has 0 fully saturated rings. The van der Waals surface area contributed by atoms with Crippen LogP contribution in [0.4, 0.5) is 11.4 Å². The molecular weight excluding hydrogens is 516 g/mol. The predicted octanol–water partition coefficient (Wildman–Crippen LogP) is 5.99. The van der Waals surface area contributed by atoms with Crippen LogP contribution in [0.25, 0.3) is 0 Å². The van der Waals surface area contributed by atoms with Crippen molar-refractivity contribution in [2.24, 2.45) is 9.98 Å². The molecule has 9 heteroatoms. The van der Waals surface area contributed by atoms with Crippen LogP contribution in [0.5, 0.6) is 11.5 Å². The molecule has 0 atom stereocenters. The Hall–Kier alpha value is -4.63. The smallest absolute Gasteiger partial charge is 0.224 e. The van der Waals surface area contributed by atoms with Gasteiger partial charge in [0.1, 0.15) is 11.5 Å². The molecule has 0 saturated heterocycles. The second-order valence-corrected chi connectivity index (χ2v) is 10.1. The Labute approximate surface area is 228 Å². The normalized spacial score (nSPS) is 12.1. The summed E-state index contributed by atoms with van der Waals surface area (Å²) in [7, 11) is 2.41. The minimum atomic E-state index is -3.77. The lowest BCUT2D eigenvalue weighted by atomic mass is 10.2. The summed E-state index contributed by atoms with van der Waals surface area (Å²) >= 11 is 0. The molecule has 0 aliphatic carbocycles. The van der Waals surface area contributed by atoms with Gasteiger partial charge in [-0.05, 0) is 72.8 Å². The number of rotatable bonds is 8. The Morgan fingerprint density at radius 3 is 1.23 bits per heavy atom. The van der Waals surface area contributed by atoms with Gasteiger partial charge in [0, 0.05) is 0 Å². The van der Waals surface area contributed by atoms with Crippen molar-refractivity contribution in [2.45, 2.75) is 9.79 Å². The molecule has 0 aliphatic heterocycles. The average molecular weight is 545 g/mol. The van der Waals surface area contributed by atoms with Crippen LogP contribution in [-0.4, -0.2) is 48.7 Å². The Morgan fingerprint density at radius 2 is 0.897 bits per heavy atom. The van der Waals surface area contributed by atoms with Crippen molar-refractivity contribution in [3.05, 3.63) is 108 Å². The number of hydrogen-bond acceptors (Lipinski definition) is 8. The average Bonchev–Trinajstić information content (AvgIpc) is 2.99. The van der Waals surface area contributed by atoms with Crippen LogP contribution in [0.1, 0.15) is 11.1 Å². The molecule has 4 aromatic carbocycles. The van der Waals surface area contributed by atoms with Crippen molar-refractivity contribution in [2.75, 3.05) is 28.4 Å². The summed E-state index contributed by atoms with van der Waals surface area (Å²) in [5, 5.41) is 0. The lowest BCUT2D eigenvalue weighted by Crippen LogP contribution is -2.06. The van der Waals surface area contributed by atoms with E-state index in [0.29, 0.717) is 45.8 Å². The maximum absolute atomic E-state index is 13.3. The SMILES string of the molecule is COC(=Nc1ccc(S(=O)(=O)c2ccc(N=C(OC)c3ccccc3OC)cc2)cc1)c1ccccc1OC. The molecule has 0 unspecified atom stereocenters. The van der Waals surface area contributed by atoms with E-state index >= 15 is 0 Å². The third kappa shape index (κ3) is 6.10. The standard InChI is InChI=1S/C30H28N2O6S/c1-35-27-11-7-5-9-25(27)29(37-3)31-21-13-17-23(18-14-21)39(33,34)24-19-15-22(16-20-24)32-30(38-4)26-10-6-8-12-28(26)36-2/h5-20H,1-4H3. The number of aliphatic imine (C=N–C) groups is 2. The fourth-order valence-electron chi connectivity index (χ4n) is 3.84. The van der Waals surface area contributed by atoms with Gasteiger partial charge in [-0.2, -0.15) is 0 Å². The largest absolute Gasteiger partial charge is 0.496 e. The third-order valence-electron chi connectivity index (χ3n) is 5.82. The van der Waals surface area contributed by atoms with Crippen LogP contribution in [0.15, 0.2) is 117 Å². The maximum atomic E-state index is 13.3. The molecule has 0 radical (unpaired) electrons. The first-order chi connectivity index (χ1) is 18.9. The highest BCUT2D eigenvalue weighted by Crippen LogP contribution is 2.28. The number of sulfone groups is 1. The van der Waals surface area contributed by atoms with Gasteiger partial charge in [0.2, 0.25) is 21.6 Å². The fourth-order valence-corrected chi connectivity index (χ4v) is 5.11. The summed E-state index contributed by atoms with van der Waals surface area (Å²) in [5.74, 6) is 1.93. The predicted molar refractivity (Wildman–Crippen MR) is 151 cm³/mol. The molecule has 4 rings (SSSR count). The summed E-state index contributed by atoms with van der Waals surface area (Å²) in [6.07, 6.45) is 0. The van der Waals surface area contributed by atoms with Crippen LogP contribution < -0.4 is 9.47 Å². The Balaban J connectivity index is 1.58. The third-order valence-corrected chi connectivity index (χ3v) is 7.60. The van der Waals surface area contributed by atoms with Crippen molar-refractivity contribution in [1.29, 1.82) is 0 Å². The zero-order valence-electron chi connectivity index (χ0n) is 22.0. The van der Waals surface area contributed by atoms with E-state index in [1.54, 1.807) is 38.5 Å². The van der Waals surface area contributed by atoms with Crippen molar-refractivity contribution in [3.8, 4) is 11.5 Å². The minimum absolute atomic E-state index is 0.139. The molecule has 0 aromatic heterocycles. The van der Waals surface area contributed by atoms with Gasteiger partial charge in [-0.15, -0.1) is 0 Å². The van der Waals surface area contributed by atoms with Crippen LogP contribution in [0.3, 0.4) is 0 Å². The van der Waals surface area contributed by atoms with Gasteiger partial charge in [0.15, 0.2) is 0 Å². The Kier molecular flexibility index (Phi) is 8.63. The van der Waals surface area contributed by atoms with Gasteiger partial charge in [0.05, 0.1) is 60.7 Å². The number of methoxy groups -OCH3 is 4. The van der Waals surface area contributed by atoms with Gasteiger partial charge < -0.3 is 18.9 Å². The van der Waals surface area contributed by atoms with E-state index in [1.165, 1.54) is 38.5 Å². The first-order valence-corrected chi connectivity index (χ1v) is 13.4. The number of hydrogen-bond donors (Lipinski definition) is 0. The zero-order chi connectivity index (χ0) is 27.8. The molecule has 0 bridgehead atoms. The highest BCUT2D eigenvalue weighted by Gasteiger charge is 2.18. The molecule has 200 valence electrons. The van der Waals surface area contributed by atoms with Gasteiger partial charge in [-0.3, -0.25) is 0 Å². The molecule has 0 heterocycles. The summed E-state index contributed by atoms with van der Waals surface area (Å²) in [4.78, 5) is 9.32. The van der Waals surface area contributed by atoms with Gasteiger partial charge in [-0.25, -0.2) is 18.4 Å². The number of ether oxygens (including phenoxy) is 4. The molecule has 0 spiro atoms. The lowest BCUT2D eigenvalue weighted by molar-refractivity contribution is 0.390. The first kappa shape index (κ1) is 27.4. The van der Waals surface area contributed by atoms with Gasteiger partial charge in [0.25, 0.3) is 0 Å². The van der Waals surface area contributed by atoms with Crippen LogP contribution in [0, 0.1) is 0 Å². The molecule has 8 nitrogen and oxygen atoms in total. The van der Waals surface area contributed by atoms with Crippen molar-refractivity contribution in [1.82, 2.24) is 0 Å². The molecule has 4 aromatic rings. The van der Waals surface area contributed by atoms with E-state index in [-0.39, 0.29) is 9.79 Å². The summed E-state index contributed by atoms with van der Waals surface area (Å²) in [6.45, 7) is 0. The highest BCUT2D eigenvalue weighted by atomic mass is 32.2. The maximum Gasteiger partial charge on any atom is 0.224 e. The first-order valence-electron chi connectivity index (χ1n) is 11.9. The van der Waals surface area contributed by atoms with E-state index in [2.05, 4.69) is 9.98 Å². The van der Waals surface area contributed by atoms with Crippen LogP contribution >= 0.6 is 0 Å². The molecule has 39 heavy (non-hydrogen) atoms. The highest BCUT2D eigenvalue weighted by molar-refractivity contribution is 7.91. The van der Waals surface area contributed by atoms with E-state index in [9.17, 15) is 8.42 Å². The zero-order valence-corrected chi connectivity index (χ0v) is 22.8. The van der Waals surface area contributed by atoms with Gasteiger partial charge >= 0.3 is 0 Å². The van der Waals surface area contributed by atoms with Crippen LogP contribution in [0.2, 0.25) is 0 Å². The molecule has 0 N–H and O–H groups in total.